The largest absolute Gasteiger partial charge is 0.497 e. The van der Waals surface area contributed by atoms with Crippen LogP contribution >= 0.6 is 15.9 Å². The van der Waals surface area contributed by atoms with E-state index in [-0.39, 0.29) is 6.61 Å². The number of carbonyl (C=O) groups excluding carboxylic acids is 1. The maximum absolute atomic E-state index is 12.1. The van der Waals surface area contributed by atoms with Gasteiger partial charge in [-0.3, -0.25) is 0 Å². The second kappa shape index (κ2) is 6.67. The van der Waals surface area contributed by atoms with Crippen molar-refractivity contribution in [2.75, 3.05) is 12.8 Å². The molecule has 0 atom stereocenters. The summed E-state index contributed by atoms with van der Waals surface area (Å²) < 4.78 is 13.1. The Bertz CT molecular complexity index is 652. The van der Waals surface area contributed by atoms with Gasteiger partial charge >= 0.3 is 5.97 Å². The molecule has 1 aromatic carbocycles. The minimum Gasteiger partial charge on any atom is -0.497 e. The van der Waals surface area contributed by atoms with Crippen LogP contribution in [0.15, 0.2) is 34.9 Å². The van der Waals surface area contributed by atoms with Crippen LogP contribution in [0.25, 0.3) is 0 Å². The maximum atomic E-state index is 12.1. The number of hydrogen-bond donors (Lipinski definition) is 1. The quantitative estimate of drug-likeness (QED) is 0.839. The van der Waals surface area contributed by atoms with Crippen molar-refractivity contribution in [3.8, 4) is 5.75 Å². The average Bonchev–Trinajstić information content (AvgIpc) is 2.87. The zero-order valence-electron chi connectivity index (χ0n) is 11.9. The van der Waals surface area contributed by atoms with Crippen LogP contribution in [-0.2, 0) is 17.9 Å². The highest BCUT2D eigenvalue weighted by Gasteiger charge is 2.14. The Morgan fingerprint density at radius 1 is 1.38 bits per heavy atom. The summed E-state index contributed by atoms with van der Waals surface area (Å²) >= 11 is 3.43. The van der Waals surface area contributed by atoms with Gasteiger partial charge < -0.3 is 19.8 Å². The lowest BCUT2D eigenvalue weighted by atomic mass is 10.2. The third-order valence-electron chi connectivity index (χ3n) is 3.08. The molecule has 2 rings (SSSR count). The van der Waals surface area contributed by atoms with E-state index in [0.717, 1.165) is 10.0 Å². The van der Waals surface area contributed by atoms with Crippen LogP contribution < -0.4 is 10.5 Å². The predicted molar refractivity (Wildman–Crippen MR) is 84.3 cm³/mol. The summed E-state index contributed by atoms with van der Waals surface area (Å²) in [4.78, 5) is 12.1. The summed E-state index contributed by atoms with van der Waals surface area (Å²) in [5, 5.41) is 0. The highest BCUT2D eigenvalue weighted by Crippen LogP contribution is 2.23. The number of nitrogens with two attached hydrogens (primary N) is 1. The van der Waals surface area contributed by atoms with E-state index in [9.17, 15) is 4.79 Å². The molecule has 0 saturated heterocycles. The molecule has 2 N–H and O–H groups in total. The topological polar surface area (TPSA) is 66.5 Å². The van der Waals surface area contributed by atoms with Crippen molar-refractivity contribution in [3.63, 3.8) is 0 Å². The number of benzene rings is 1. The van der Waals surface area contributed by atoms with E-state index in [2.05, 4.69) is 15.9 Å². The molecular weight excluding hydrogens is 336 g/mol. The van der Waals surface area contributed by atoms with E-state index in [4.69, 9.17) is 15.2 Å². The van der Waals surface area contributed by atoms with Crippen LogP contribution in [0, 0.1) is 0 Å². The van der Waals surface area contributed by atoms with Gasteiger partial charge in [-0.2, -0.15) is 0 Å². The molecule has 2 aromatic rings. The maximum Gasteiger partial charge on any atom is 0.355 e. The molecule has 1 aromatic heterocycles. The Morgan fingerprint density at radius 3 is 2.81 bits per heavy atom. The number of nitrogen functional groups attached to an aromatic ring is 1. The standard InChI is InChI=1S/C15H17BrN2O3/c1-3-18-8-11(17)7-14(18)15(19)21-9-10-6-12(20-2)4-5-13(10)16/h4-8H,3,9,17H2,1-2H3. The van der Waals surface area contributed by atoms with Gasteiger partial charge in [0, 0.05) is 22.8 Å². The van der Waals surface area contributed by atoms with Gasteiger partial charge in [-0.25, -0.2) is 4.79 Å². The minimum atomic E-state index is -0.400. The number of halogens is 1. The molecule has 0 aliphatic carbocycles. The number of aryl methyl sites for hydroxylation is 1. The first-order chi connectivity index (χ1) is 10.0. The van der Waals surface area contributed by atoms with Crippen molar-refractivity contribution in [2.24, 2.45) is 0 Å². The number of nitrogens with zero attached hydrogens (tertiary/aromatic N) is 1. The van der Waals surface area contributed by atoms with Gasteiger partial charge in [0.1, 0.15) is 18.1 Å². The Morgan fingerprint density at radius 2 is 2.14 bits per heavy atom. The SMILES string of the molecule is CCn1cc(N)cc1C(=O)OCc1cc(OC)ccc1Br. The van der Waals surface area contributed by atoms with Gasteiger partial charge in [0.15, 0.2) is 0 Å². The number of rotatable bonds is 5. The zero-order chi connectivity index (χ0) is 15.4. The van der Waals surface area contributed by atoms with Gasteiger partial charge in [-0.15, -0.1) is 0 Å². The molecule has 0 radical (unpaired) electrons. The van der Waals surface area contributed by atoms with Crippen molar-refractivity contribution in [1.82, 2.24) is 4.57 Å². The predicted octanol–water partition coefficient (Wildman–Crippen LogP) is 3.22. The Balaban J connectivity index is 2.10. The first-order valence-corrected chi connectivity index (χ1v) is 7.29. The molecule has 5 nitrogen and oxygen atoms in total. The Labute approximate surface area is 131 Å². The fourth-order valence-electron chi connectivity index (χ4n) is 1.97. The average molecular weight is 353 g/mol. The summed E-state index contributed by atoms with van der Waals surface area (Å²) in [6.07, 6.45) is 1.72. The molecule has 21 heavy (non-hydrogen) atoms. The van der Waals surface area contributed by atoms with Gasteiger partial charge in [0.2, 0.25) is 0 Å². The van der Waals surface area contributed by atoms with Gasteiger partial charge in [0.05, 0.1) is 12.8 Å². The lowest BCUT2D eigenvalue weighted by molar-refractivity contribution is 0.0459. The molecule has 0 saturated carbocycles. The summed E-state index contributed by atoms with van der Waals surface area (Å²) in [5.41, 5.74) is 7.55. The smallest absolute Gasteiger partial charge is 0.355 e. The normalized spacial score (nSPS) is 10.4. The third kappa shape index (κ3) is 3.58. The molecule has 0 unspecified atom stereocenters. The van der Waals surface area contributed by atoms with Crippen LogP contribution in [0.4, 0.5) is 5.69 Å². The molecule has 0 fully saturated rings. The lowest BCUT2D eigenvalue weighted by Crippen LogP contribution is -2.11. The molecule has 112 valence electrons. The minimum absolute atomic E-state index is 0.158. The molecule has 0 aliphatic heterocycles. The fraction of sp³-hybridized carbons (Fsp3) is 0.267. The summed E-state index contributed by atoms with van der Waals surface area (Å²) in [6, 6.07) is 7.13. The highest BCUT2D eigenvalue weighted by molar-refractivity contribution is 9.10. The number of carbonyl (C=O) groups is 1. The van der Waals surface area contributed by atoms with Crippen LogP contribution in [0.3, 0.4) is 0 Å². The van der Waals surface area contributed by atoms with E-state index in [1.807, 2.05) is 25.1 Å². The Hall–Kier alpha value is -1.95. The summed E-state index contributed by atoms with van der Waals surface area (Å²) in [5.74, 6) is 0.314. The number of hydrogen-bond acceptors (Lipinski definition) is 4. The van der Waals surface area contributed by atoms with Crippen molar-refractivity contribution < 1.29 is 14.3 Å². The van der Waals surface area contributed by atoms with Crippen LogP contribution in [-0.4, -0.2) is 17.6 Å². The van der Waals surface area contributed by atoms with Crippen molar-refractivity contribution in [1.29, 1.82) is 0 Å². The van der Waals surface area contributed by atoms with Crippen LogP contribution in [0.5, 0.6) is 5.75 Å². The van der Waals surface area contributed by atoms with E-state index >= 15 is 0 Å². The van der Waals surface area contributed by atoms with Crippen LogP contribution in [0.1, 0.15) is 23.0 Å². The molecular formula is C15H17BrN2O3. The number of methoxy groups -OCH3 is 1. The van der Waals surface area contributed by atoms with Crippen molar-refractivity contribution >= 4 is 27.6 Å². The van der Waals surface area contributed by atoms with Gasteiger partial charge in [-0.05, 0) is 31.2 Å². The molecule has 0 aliphatic rings. The number of aromatic nitrogens is 1. The second-order valence-electron chi connectivity index (χ2n) is 4.48. The number of anilines is 1. The zero-order valence-corrected chi connectivity index (χ0v) is 13.5. The molecule has 6 heteroatoms. The van der Waals surface area contributed by atoms with E-state index < -0.39 is 5.97 Å². The molecule has 0 amide bonds. The molecule has 0 spiro atoms. The third-order valence-corrected chi connectivity index (χ3v) is 3.85. The molecule has 1 heterocycles. The number of ether oxygens (including phenoxy) is 2. The fourth-order valence-corrected chi connectivity index (χ4v) is 2.33. The van der Waals surface area contributed by atoms with E-state index in [1.54, 1.807) is 23.9 Å². The Kier molecular flexibility index (Phi) is 4.90. The van der Waals surface area contributed by atoms with Crippen LogP contribution in [0.2, 0.25) is 0 Å². The second-order valence-corrected chi connectivity index (χ2v) is 5.33. The van der Waals surface area contributed by atoms with Gasteiger partial charge in [0.25, 0.3) is 0 Å². The van der Waals surface area contributed by atoms with Gasteiger partial charge in [-0.1, -0.05) is 15.9 Å². The van der Waals surface area contributed by atoms with E-state index in [0.29, 0.717) is 23.7 Å². The summed E-state index contributed by atoms with van der Waals surface area (Å²) in [7, 11) is 1.59. The first kappa shape index (κ1) is 15.4. The summed E-state index contributed by atoms with van der Waals surface area (Å²) in [6.45, 7) is 2.75. The monoisotopic (exact) mass is 352 g/mol. The van der Waals surface area contributed by atoms with E-state index in [1.165, 1.54) is 0 Å². The number of esters is 1. The van der Waals surface area contributed by atoms with Crippen molar-refractivity contribution in [3.05, 3.63) is 46.2 Å². The first-order valence-electron chi connectivity index (χ1n) is 6.50. The molecule has 0 bridgehead atoms. The highest BCUT2D eigenvalue weighted by atomic mass is 79.9. The van der Waals surface area contributed by atoms with Crippen molar-refractivity contribution in [2.45, 2.75) is 20.1 Å². The lowest BCUT2D eigenvalue weighted by Gasteiger charge is -2.09.